The Balaban J connectivity index is 1.18. The van der Waals surface area contributed by atoms with Crippen LogP contribution in [0.4, 0.5) is 20.6 Å². The maximum Gasteiger partial charge on any atom is 0.410 e. The summed E-state index contributed by atoms with van der Waals surface area (Å²) < 4.78 is 50.9. The minimum Gasteiger partial charge on any atom is -0.492 e. The highest BCUT2D eigenvalue weighted by Crippen LogP contribution is 2.58. The highest BCUT2D eigenvalue weighted by molar-refractivity contribution is 7.66. The summed E-state index contributed by atoms with van der Waals surface area (Å²) >= 11 is 0. The first-order valence-electron chi connectivity index (χ1n) is 18.8. The van der Waals surface area contributed by atoms with E-state index in [1.807, 2.05) is 25.7 Å². The summed E-state index contributed by atoms with van der Waals surface area (Å²) in [5, 5.41) is 2.22. The van der Waals surface area contributed by atoms with E-state index in [9.17, 15) is 24.1 Å². The Morgan fingerprint density at radius 2 is 1.72 bits per heavy atom. The van der Waals surface area contributed by atoms with Crippen LogP contribution in [-0.2, 0) is 34.3 Å². The number of aromatic nitrogens is 1. The average molecular weight is 833 g/mol. The third kappa shape index (κ3) is 9.53. The Hall–Kier alpha value is -3.91. The minimum atomic E-state index is -1.81. The van der Waals surface area contributed by atoms with Gasteiger partial charge in [0.2, 0.25) is 5.43 Å². The number of benzene rings is 2. The topological polar surface area (TPSA) is 167 Å². The molecule has 2 N–H and O–H groups in total. The van der Waals surface area contributed by atoms with Gasteiger partial charge in [-0.3, -0.25) is 9.59 Å². The minimum absolute atomic E-state index is 0.0453. The monoisotopic (exact) mass is 832 g/mol. The molecule has 2 aliphatic heterocycles. The van der Waals surface area contributed by atoms with E-state index in [0.29, 0.717) is 37.3 Å². The number of amides is 2. The molecule has 0 radical (unpaired) electrons. The van der Waals surface area contributed by atoms with E-state index in [1.54, 1.807) is 33.7 Å². The van der Waals surface area contributed by atoms with Crippen LogP contribution in [-0.4, -0.2) is 104 Å². The molecule has 0 spiro atoms. The van der Waals surface area contributed by atoms with Gasteiger partial charge in [0, 0.05) is 58.9 Å². The highest BCUT2D eigenvalue weighted by atomic mass is 31.2. The number of anilines is 2. The largest absolute Gasteiger partial charge is 0.492 e. The zero-order chi connectivity index (χ0) is 41.2. The fraction of sp³-hybridized carbons (Fsp3) is 0.538. The maximum absolute atomic E-state index is 16.3. The number of pyridine rings is 1. The number of carbonyl (C=O) groups excluding carboxylic acids is 3. The number of rotatable bonds is 14. The van der Waals surface area contributed by atoms with Crippen LogP contribution in [0.3, 0.4) is 0 Å². The summed E-state index contributed by atoms with van der Waals surface area (Å²) in [6.45, 7) is 6.18. The molecule has 1 aromatic heterocycles. The molecule has 1 aliphatic carbocycles. The SMILES string of the molecule is COc1c(N2CC3CCCN(C(=O)OC(C)(C)C)C3C2)c(F)cc2c(=O)c(C(=O)OCC(=O)Nc3ccc(CC(P(O)OC)P(OC)OC)cc3)cn(C3CC3)c12. The summed E-state index contributed by atoms with van der Waals surface area (Å²) in [4.78, 5) is 67.3. The Morgan fingerprint density at radius 1 is 1.02 bits per heavy atom. The molecule has 1 saturated carbocycles. The quantitative estimate of drug-likeness (QED) is 0.133. The van der Waals surface area contributed by atoms with Crippen molar-refractivity contribution in [2.45, 2.75) is 76.0 Å². The van der Waals surface area contributed by atoms with E-state index in [2.05, 4.69) is 5.32 Å². The molecule has 0 bridgehead atoms. The lowest BCUT2D eigenvalue weighted by Gasteiger charge is -2.37. The molecule has 3 aliphatic rings. The van der Waals surface area contributed by atoms with Gasteiger partial charge in [0.25, 0.3) is 5.91 Å². The molecule has 57 heavy (non-hydrogen) atoms. The third-order valence-electron chi connectivity index (χ3n) is 10.3. The lowest BCUT2D eigenvalue weighted by atomic mass is 9.92. The van der Waals surface area contributed by atoms with Crippen LogP contribution in [0.2, 0.25) is 0 Å². The molecule has 4 unspecified atom stereocenters. The van der Waals surface area contributed by atoms with E-state index < -0.39 is 63.6 Å². The normalized spacial score (nSPS) is 19.3. The van der Waals surface area contributed by atoms with Crippen LogP contribution >= 0.6 is 16.8 Å². The van der Waals surface area contributed by atoms with Crippen LogP contribution in [0.25, 0.3) is 10.9 Å². The first-order valence-corrected chi connectivity index (χ1v) is 21.4. The molecule has 310 valence electrons. The van der Waals surface area contributed by atoms with Crippen molar-refractivity contribution in [2.75, 3.05) is 64.9 Å². The summed E-state index contributed by atoms with van der Waals surface area (Å²) in [6, 6.07) is 7.77. The van der Waals surface area contributed by atoms with Gasteiger partial charge >= 0.3 is 12.1 Å². The second-order valence-corrected chi connectivity index (χ2v) is 19.3. The van der Waals surface area contributed by atoms with Gasteiger partial charge < -0.3 is 52.4 Å². The van der Waals surface area contributed by atoms with Crippen LogP contribution in [0.1, 0.15) is 68.4 Å². The molecule has 15 nitrogen and oxygen atoms in total. The number of fused-ring (bicyclic) bond motifs is 2. The molecule has 18 heteroatoms. The number of piperidine rings is 1. The second-order valence-electron chi connectivity index (χ2n) is 15.3. The second kappa shape index (κ2) is 17.9. The number of nitrogens with one attached hydrogen (secondary N) is 1. The zero-order valence-corrected chi connectivity index (χ0v) is 35.1. The van der Waals surface area contributed by atoms with Crippen LogP contribution in [0.15, 0.2) is 41.3 Å². The van der Waals surface area contributed by atoms with Crippen molar-refractivity contribution in [1.82, 2.24) is 9.47 Å². The standard InChI is InChI=1S/C39H51FN4O11P2/c1-39(2,3)55-38(48)43-16-8-9-24-19-42(21-30(24)43)34-29(40)18-27-33(36(34)50-4)44(26-14-15-26)20-28(35(27)46)37(47)54-22-31(45)41-25-12-10-23(11-13-25)17-32(56(49)51-5)57(52-6)53-7/h10-13,18,20,24,26,30,32,49H,8-9,14-17,19,21-22H2,1-7H3,(H,41,45). The predicted molar refractivity (Wildman–Crippen MR) is 215 cm³/mol. The maximum atomic E-state index is 16.3. The van der Waals surface area contributed by atoms with Gasteiger partial charge in [-0.2, -0.15) is 0 Å². The summed E-state index contributed by atoms with van der Waals surface area (Å²) in [5.41, 5.74) is 0.103. The van der Waals surface area contributed by atoms with E-state index >= 15 is 4.39 Å². The number of carbonyl (C=O) groups is 3. The fourth-order valence-electron chi connectivity index (χ4n) is 7.64. The van der Waals surface area contributed by atoms with Crippen molar-refractivity contribution < 1.29 is 51.4 Å². The molecule has 4 atom stereocenters. The van der Waals surface area contributed by atoms with E-state index in [-0.39, 0.29) is 40.4 Å². The van der Waals surface area contributed by atoms with Gasteiger partial charge in [0.15, 0.2) is 34.9 Å². The number of nitrogens with zero attached hydrogens (tertiary/aromatic N) is 3. The Bertz CT molecular complexity index is 2020. The van der Waals surface area contributed by atoms with Gasteiger partial charge in [-0.25, -0.2) is 14.0 Å². The smallest absolute Gasteiger partial charge is 0.410 e. The van der Waals surface area contributed by atoms with Gasteiger partial charge in [-0.15, -0.1) is 0 Å². The van der Waals surface area contributed by atoms with Crippen molar-refractivity contribution in [3.8, 4) is 5.75 Å². The fourth-order valence-corrected chi connectivity index (χ4v) is 10.7. The number of hydrogen-bond donors (Lipinski definition) is 2. The van der Waals surface area contributed by atoms with Crippen LogP contribution in [0.5, 0.6) is 5.75 Å². The van der Waals surface area contributed by atoms with E-state index in [4.69, 9.17) is 27.8 Å². The third-order valence-corrected chi connectivity index (χ3v) is 13.9. The van der Waals surface area contributed by atoms with Crippen LogP contribution < -0.4 is 20.4 Å². The Kier molecular flexibility index (Phi) is 13.4. The van der Waals surface area contributed by atoms with Gasteiger partial charge in [0.05, 0.1) is 24.1 Å². The molecular formula is C39H51FN4O11P2. The van der Waals surface area contributed by atoms with Crippen molar-refractivity contribution >= 4 is 57.0 Å². The van der Waals surface area contributed by atoms with Crippen LogP contribution in [0, 0.1) is 11.7 Å². The number of esters is 1. The van der Waals surface area contributed by atoms with Gasteiger partial charge in [-0.05, 0) is 82.6 Å². The molecule has 6 rings (SSSR count). The van der Waals surface area contributed by atoms with Gasteiger partial charge in [-0.1, -0.05) is 12.1 Å². The number of ether oxygens (including phenoxy) is 3. The van der Waals surface area contributed by atoms with Gasteiger partial charge in [0.1, 0.15) is 22.3 Å². The summed E-state index contributed by atoms with van der Waals surface area (Å²) in [6.07, 6.45) is 4.64. The first kappa shape index (κ1) is 42.7. The van der Waals surface area contributed by atoms with Crippen molar-refractivity contribution in [3.05, 3.63) is 63.7 Å². The molecule has 3 heterocycles. The predicted octanol–water partition coefficient (Wildman–Crippen LogP) is 6.54. The number of likely N-dealkylation sites (tertiary alicyclic amines) is 1. The average Bonchev–Trinajstić information content (AvgIpc) is 3.94. The number of hydrogen-bond acceptors (Lipinski definition) is 12. The lowest BCUT2D eigenvalue weighted by Crippen LogP contribution is -2.50. The van der Waals surface area contributed by atoms with E-state index in [1.165, 1.54) is 34.6 Å². The zero-order valence-electron chi connectivity index (χ0n) is 33.3. The summed E-state index contributed by atoms with van der Waals surface area (Å²) in [5.74, 6) is -2.08. The molecule has 2 amide bonds. The molecule has 3 aromatic rings. The summed E-state index contributed by atoms with van der Waals surface area (Å²) in [7, 11) is 2.65. The van der Waals surface area contributed by atoms with Crippen molar-refractivity contribution in [1.29, 1.82) is 0 Å². The molecular weight excluding hydrogens is 781 g/mol. The molecule has 2 saturated heterocycles. The Labute approximate surface area is 333 Å². The van der Waals surface area contributed by atoms with Crippen molar-refractivity contribution in [2.24, 2.45) is 5.92 Å². The lowest BCUT2D eigenvalue weighted by molar-refractivity contribution is -0.119. The number of methoxy groups -OCH3 is 1. The molecule has 3 fully saturated rings. The highest BCUT2D eigenvalue weighted by Gasteiger charge is 2.44. The Morgan fingerprint density at radius 3 is 2.33 bits per heavy atom. The number of halogens is 1. The van der Waals surface area contributed by atoms with Crippen molar-refractivity contribution in [3.63, 3.8) is 0 Å². The first-order chi connectivity index (χ1) is 27.2. The molecule has 2 aromatic carbocycles. The van der Waals surface area contributed by atoms with E-state index in [0.717, 1.165) is 37.3 Å².